The second-order valence-electron chi connectivity index (χ2n) is 3.96. The summed E-state index contributed by atoms with van der Waals surface area (Å²) in [6, 6.07) is -1.50. The predicted molar refractivity (Wildman–Crippen MR) is 58.1 cm³/mol. The van der Waals surface area contributed by atoms with E-state index < -0.39 is 24.0 Å². The van der Waals surface area contributed by atoms with Crippen molar-refractivity contribution in [1.29, 1.82) is 0 Å². The van der Waals surface area contributed by atoms with Crippen molar-refractivity contribution in [2.24, 2.45) is 0 Å². The van der Waals surface area contributed by atoms with Crippen LogP contribution in [0.2, 0.25) is 0 Å². The molecule has 0 saturated carbocycles. The number of hydrogen-bond acceptors (Lipinski definition) is 6. The molecule has 100 valence electrons. The molecular weight excluding hydrogens is 332 g/mol. The van der Waals surface area contributed by atoms with E-state index in [1.807, 2.05) is 0 Å². The second-order valence-corrected chi connectivity index (χ2v) is 3.96. The number of aliphatic carboxylic acids is 2. The first-order valence-corrected chi connectivity index (χ1v) is 5.40. The van der Waals surface area contributed by atoms with E-state index in [1.165, 1.54) is 0 Å². The zero-order chi connectivity index (χ0) is 13.7. The summed E-state index contributed by atoms with van der Waals surface area (Å²) in [4.78, 5) is 40.8. The Morgan fingerprint density at radius 2 is 1.21 bits per heavy atom. The Morgan fingerprint density at radius 1 is 0.895 bits per heavy atom. The number of rotatable bonds is 2. The molecule has 0 spiro atoms. The van der Waals surface area contributed by atoms with Crippen LogP contribution in [0.4, 0.5) is 0 Å². The molecule has 0 aromatic carbocycles. The van der Waals surface area contributed by atoms with Crippen molar-refractivity contribution in [2.75, 3.05) is 0 Å². The van der Waals surface area contributed by atoms with Crippen molar-refractivity contribution >= 4 is 69.2 Å². The zero-order valence-corrected chi connectivity index (χ0v) is 13.6. The zero-order valence-electron chi connectivity index (χ0n) is 10.1. The van der Waals surface area contributed by atoms with E-state index in [0.29, 0.717) is 25.7 Å². The molecule has 2 rings (SSSR count). The average molecular weight is 344 g/mol. The van der Waals surface area contributed by atoms with Crippen molar-refractivity contribution < 1.29 is 29.4 Å². The van der Waals surface area contributed by atoms with Gasteiger partial charge >= 0.3 is 45.5 Å². The Bertz CT molecular complexity index is 350. The maximum absolute atomic E-state index is 10.4. The minimum absolute atomic E-state index is 0. The maximum Gasteiger partial charge on any atom is 2.00 e. The van der Waals surface area contributed by atoms with Crippen molar-refractivity contribution in [3.8, 4) is 0 Å². The maximum atomic E-state index is 10.4. The summed E-state index contributed by atoms with van der Waals surface area (Å²) in [5.74, 6) is -2.80. The van der Waals surface area contributed by atoms with Crippen LogP contribution in [0.25, 0.3) is 0 Å². The fourth-order valence-corrected chi connectivity index (χ4v) is 1.58. The van der Waals surface area contributed by atoms with Crippen LogP contribution in [0.3, 0.4) is 0 Å². The van der Waals surface area contributed by atoms with Gasteiger partial charge in [-0.3, -0.25) is 9.59 Å². The number of amides is 2. The van der Waals surface area contributed by atoms with Gasteiger partial charge in [0.1, 0.15) is 0 Å². The smallest absolute Gasteiger partial charge is 0.548 e. The van der Waals surface area contributed by atoms with Gasteiger partial charge in [-0.25, -0.2) is 0 Å². The Kier molecular flexibility index (Phi) is 8.23. The summed E-state index contributed by atoms with van der Waals surface area (Å²) in [6.07, 6.45) is 1.33. The summed E-state index contributed by atoms with van der Waals surface area (Å²) >= 11 is 0. The molecule has 0 aliphatic carbocycles. The number of carboxylic acid groups (broad SMARTS) is 2. The molecule has 2 amide bonds. The molecule has 9 heteroatoms. The molecule has 19 heavy (non-hydrogen) atoms. The van der Waals surface area contributed by atoms with Crippen LogP contribution in [-0.2, 0) is 19.2 Å². The van der Waals surface area contributed by atoms with Crippen LogP contribution in [0.15, 0.2) is 0 Å². The van der Waals surface area contributed by atoms with Crippen molar-refractivity contribution in [2.45, 2.75) is 37.8 Å². The normalized spacial score (nSPS) is 24.4. The van der Waals surface area contributed by atoms with E-state index in [9.17, 15) is 29.4 Å². The summed E-state index contributed by atoms with van der Waals surface area (Å²) in [7, 11) is 0. The summed E-state index contributed by atoms with van der Waals surface area (Å²) in [5.41, 5.74) is 0. The number of nitrogens with one attached hydrogen (secondary N) is 2. The molecule has 0 aromatic rings. The molecule has 2 aliphatic heterocycles. The third-order valence-electron chi connectivity index (χ3n) is 2.56. The largest absolute Gasteiger partial charge is 2.00 e. The molecule has 2 N–H and O–H groups in total. The van der Waals surface area contributed by atoms with Gasteiger partial charge in [-0.05, 0) is 12.8 Å². The number of carboxylic acids is 2. The van der Waals surface area contributed by atoms with E-state index in [4.69, 9.17) is 0 Å². The Hall–Kier alpha value is -0.639. The molecule has 2 atom stereocenters. The standard InChI is InChI=1S/2C5H7NO3.Sr/c2*7-4-2-1-3(6-4)5(8)9;/h2*3H,1-2H2,(H,6,7)(H,8,9);/q;;+2/p-2/t2*3-;/m00./s1. The molecule has 2 saturated heterocycles. The molecule has 2 aliphatic rings. The fourth-order valence-electron chi connectivity index (χ4n) is 1.58. The molecular formula is C10H12N2O6Sr. The molecule has 2 fully saturated rings. The van der Waals surface area contributed by atoms with Crippen molar-refractivity contribution in [1.82, 2.24) is 10.6 Å². The topological polar surface area (TPSA) is 138 Å². The van der Waals surface area contributed by atoms with E-state index in [-0.39, 0.29) is 57.3 Å². The number of carbonyl (C=O) groups is 4. The Balaban J connectivity index is 0.000000324. The van der Waals surface area contributed by atoms with Gasteiger partial charge < -0.3 is 30.4 Å². The molecule has 0 aromatic heterocycles. The minimum Gasteiger partial charge on any atom is -0.548 e. The van der Waals surface area contributed by atoms with Crippen molar-refractivity contribution in [3.63, 3.8) is 0 Å². The molecule has 2 heterocycles. The van der Waals surface area contributed by atoms with E-state index in [2.05, 4.69) is 10.6 Å². The number of carbonyl (C=O) groups excluding carboxylic acids is 4. The van der Waals surface area contributed by atoms with Crippen LogP contribution in [-0.4, -0.2) is 81.3 Å². The van der Waals surface area contributed by atoms with E-state index >= 15 is 0 Å². The van der Waals surface area contributed by atoms with Crippen LogP contribution < -0.4 is 20.8 Å². The van der Waals surface area contributed by atoms with Crippen LogP contribution >= 0.6 is 0 Å². The van der Waals surface area contributed by atoms with Crippen LogP contribution in [0, 0.1) is 0 Å². The van der Waals surface area contributed by atoms with Crippen molar-refractivity contribution in [3.05, 3.63) is 0 Å². The van der Waals surface area contributed by atoms with Gasteiger partial charge in [0.15, 0.2) is 0 Å². The fraction of sp³-hybridized carbons (Fsp3) is 0.600. The summed E-state index contributed by atoms with van der Waals surface area (Å²) < 4.78 is 0. The average Bonchev–Trinajstić information content (AvgIpc) is 2.88. The van der Waals surface area contributed by atoms with Gasteiger partial charge in [0.05, 0.1) is 24.0 Å². The van der Waals surface area contributed by atoms with Crippen LogP contribution in [0.1, 0.15) is 25.7 Å². The van der Waals surface area contributed by atoms with Gasteiger partial charge in [-0.2, -0.15) is 0 Å². The third-order valence-corrected chi connectivity index (χ3v) is 2.56. The third kappa shape index (κ3) is 6.37. The van der Waals surface area contributed by atoms with Gasteiger partial charge in [-0.15, -0.1) is 0 Å². The SMILES string of the molecule is O=C1CC[C@@H](C(=O)[O-])N1.O=C1CC[C@@H](C(=O)[O-])N1.[Sr+2]. The first kappa shape index (κ1) is 18.4. The van der Waals surface area contributed by atoms with E-state index in [1.54, 1.807) is 0 Å². The molecule has 0 radical (unpaired) electrons. The Morgan fingerprint density at radius 3 is 1.32 bits per heavy atom. The molecule has 0 bridgehead atoms. The molecule has 0 unspecified atom stereocenters. The quantitative estimate of drug-likeness (QED) is 0.486. The molecule has 8 nitrogen and oxygen atoms in total. The second kappa shape index (κ2) is 8.52. The number of hydrogen-bond donors (Lipinski definition) is 2. The first-order valence-electron chi connectivity index (χ1n) is 5.40. The van der Waals surface area contributed by atoms with Crippen LogP contribution in [0.5, 0.6) is 0 Å². The predicted octanol–water partition coefficient (Wildman–Crippen LogP) is -4.35. The summed E-state index contributed by atoms with van der Waals surface area (Å²) in [5, 5.41) is 24.5. The monoisotopic (exact) mass is 344 g/mol. The summed E-state index contributed by atoms with van der Waals surface area (Å²) in [6.45, 7) is 0. The minimum atomic E-state index is -1.19. The van der Waals surface area contributed by atoms with E-state index in [0.717, 1.165) is 0 Å². The van der Waals surface area contributed by atoms with Gasteiger partial charge in [0.2, 0.25) is 11.8 Å². The van der Waals surface area contributed by atoms with Gasteiger partial charge in [0.25, 0.3) is 0 Å². The Labute approximate surface area is 146 Å². The first-order chi connectivity index (χ1) is 8.40. The van der Waals surface area contributed by atoms with Gasteiger partial charge in [-0.1, -0.05) is 0 Å². The van der Waals surface area contributed by atoms with Gasteiger partial charge in [0, 0.05) is 12.8 Å².